The number of nitrogens with zero attached hydrogens (tertiary/aromatic N) is 1. The number of aromatic nitrogens is 1. The molecule has 0 bridgehead atoms. The number of hydrogen-bond acceptors (Lipinski definition) is 1. The van der Waals surface area contributed by atoms with Gasteiger partial charge in [-0.15, -0.1) is 0 Å². The van der Waals surface area contributed by atoms with E-state index < -0.39 is 28.3 Å². The number of rotatable bonds is 1. The van der Waals surface area contributed by atoms with Crippen LogP contribution in [0, 0.1) is 3.70 Å². The fourth-order valence-electron chi connectivity index (χ4n) is 0.941. The minimum Gasteiger partial charge on any atom is -0.240 e. The van der Waals surface area contributed by atoms with E-state index in [0.717, 1.165) is 6.07 Å². The van der Waals surface area contributed by atoms with E-state index >= 15 is 0 Å². The van der Waals surface area contributed by atoms with Crippen molar-refractivity contribution in [3.05, 3.63) is 25.5 Å². The van der Waals surface area contributed by atoms with Gasteiger partial charge in [0.15, 0.2) is 0 Å². The lowest BCUT2D eigenvalue weighted by Gasteiger charge is -2.13. The zero-order chi connectivity index (χ0) is 11.8. The summed E-state index contributed by atoms with van der Waals surface area (Å²) in [5.74, 6) is 0. The molecule has 0 radical (unpaired) electrons. The molecule has 1 nitrogen and oxygen atoms in total. The number of hydrogen-bond donors (Lipinski definition) is 0. The van der Waals surface area contributed by atoms with Crippen LogP contribution in [0.3, 0.4) is 0 Å². The van der Waals surface area contributed by atoms with Crippen LogP contribution in [0.5, 0.6) is 0 Å². The van der Waals surface area contributed by atoms with E-state index in [-0.39, 0.29) is 3.70 Å². The van der Waals surface area contributed by atoms with Crippen LogP contribution in [-0.4, -0.2) is 4.98 Å². The van der Waals surface area contributed by atoms with Gasteiger partial charge in [0.05, 0.1) is 5.56 Å². The molecule has 1 aromatic rings. The van der Waals surface area contributed by atoms with Crippen molar-refractivity contribution in [1.29, 1.82) is 0 Å². The van der Waals surface area contributed by atoms with Gasteiger partial charge in [0.2, 0.25) is 0 Å². The van der Waals surface area contributed by atoms with Crippen molar-refractivity contribution >= 4 is 38.5 Å². The molecule has 1 heterocycles. The largest absolute Gasteiger partial charge is 0.419 e. The van der Waals surface area contributed by atoms with Gasteiger partial charge in [0.1, 0.15) is 9.39 Å². The Balaban J connectivity index is 3.48. The first kappa shape index (κ1) is 13.1. The standard InChI is InChI=1S/C7H2BrF5IN/c8-2-1-3(14)15-5(6(9)10)4(2)7(11,12)13/h1,6H. The first-order valence-corrected chi connectivity index (χ1v) is 5.32. The summed E-state index contributed by atoms with van der Waals surface area (Å²) < 4.78 is 61.5. The Bertz CT molecular complexity index is 378. The van der Waals surface area contributed by atoms with E-state index in [1.807, 2.05) is 0 Å². The normalized spacial score (nSPS) is 12.3. The van der Waals surface area contributed by atoms with E-state index in [0.29, 0.717) is 0 Å². The highest BCUT2D eigenvalue weighted by Gasteiger charge is 2.39. The summed E-state index contributed by atoms with van der Waals surface area (Å²) in [6.45, 7) is 0. The molecule has 0 saturated carbocycles. The maximum absolute atomic E-state index is 12.4. The molecule has 1 rings (SSSR count). The Morgan fingerprint density at radius 3 is 2.27 bits per heavy atom. The van der Waals surface area contributed by atoms with Crippen molar-refractivity contribution in [1.82, 2.24) is 4.98 Å². The van der Waals surface area contributed by atoms with Gasteiger partial charge in [0.25, 0.3) is 6.43 Å². The maximum atomic E-state index is 12.4. The summed E-state index contributed by atoms with van der Waals surface area (Å²) >= 11 is 4.17. The summed E-state index contributed by atoms with van der Waals surface area (Å²) in [5, 5.41) is 0. The van der Waals surface area contributed by atoms with Gasteiger partial charge in [-0.1, -0.05) is 15.9 Å². The quantitative estimate of drug-likeness (QED) is 0.386. The van der Waals surface area contributed by atoms with Gasteiger partial charge in [-0.3, -0.25) is 0 Å². The predicted molar refractivity (Wildman–Crippen MR) is 54.6 cm³/mol. The highest BCUT2D eigenvalue weighted by molar-refractivity contribution is 14.1. The molecule has 0 fully saturated rings. The molecule has 0 saturated heterocycles. The van der Waals surface area contributed by atoms with Gasteiger partial charge in [-0.05, 0) is 28.7 Å². The average Bonchev–Trinajstić information content (AvgIpc) is 1.99. The molecule has 84 valence electrons. The molecule has 0 aliphatic carbocycles. The van der Waals surface area contributed by atoms with Crippen LogP contribution in [-0.2, 0) is 6.18 Å². The van der Waals surface area contributed by atoms with Crippen LogP contribution >= 0.6 is 38.5 Å². The van der Waals surface area contributed by atoms with Gasteiger partial charge < -0.3 is 0 Å². The smallest absolute Gasteiger partial charge is 0.240 e. The van der Waals surface area contributed by atoms with Gasteiger partial charge in [-0.25, -0.2) is 13.8 Å². The highest BCUT2D eigenvalue weighted by atomic mass is 127. The minimum absolute atomic E-state index is 0.0720. The molecule has 0 aliphatic rings. The molecule has 0 N–H and O–H groups in total. The van der Waals surface area contributed by atoms with Gasteiger partial charge in [-0.2, -0.15) is 13.2 Å². The number of pyridine rings is 1. The van der Waals surface area contributed by atoms with E-state index in [4.69, 9.17) is 0 Å². The zero-order valence-electron chi connectivity index (χ0n) is 6.75. The minimum atomic E-state index is -4.85. The van der Waals surface area contributed by atoms with Crippen molar-refractivity contribution in [3.63, 3.8) is 0 Å². The maximum Gasteiger partial charge on any atom is 0.419 e. The van der Waals surface area contributed by atoms with Crippen LogP contribution in [0.25, 0.3) is 0 Å². The Morgan fingerprint density at radius 1 is 1.33 bits per heavy atom. The first-order chi connectivity index (χ1) is 6.73. The van der Waals surface area contributed by atoms with Crippen molar-refractivity contribution in [2.75, 3.05) is 0 Å². The van der Waals surface area contributed by atoms with E-state index in [1.165, 1.54) is 0 Å². The van der Waals surface area contributed by atoms with Crippen LogP contribution in [0.15, 0.2) is 10.5 Å². The molecule has 8 heteroatoms. The van der Waals surface area contributed by atoms with Gasteiger partial charge in [0, 0.05) is 4.47 Å². The molecule has 0 unspecified atom stereocenters. The third-order valence-corrected chi connectivity index (χ3v) is 2.64. The monoisotopic (exact) mass is 401 g/mol. The highest BCUT2D eigenvalue weighted by Crippen LogP contribution is 2.40. The van der Waals surface area contributed by atoms with Crippen molar-refractivity contribution < 1.29 is 22.0 Å². The van der Waals surface area contributed by atoms with E-state index in [9.17, 15) is 22.0 Å². The summed E-state index contributed by atoms with van der Waals surface area (Å²) in [6, 6.07) is 1.04. The molecular formula is C7H2BrF5IN. The summed E-state index contributed by atoms with van der Waals surface area (Å²) in [5.41, 5.74) is -2.67. The third kappa shape index (κ3) is 2.99. The van der Waals surface area contributed by atoms with Crippen molar-refractivity contribution in [3.8, 4) is 0 Å². The fourth-order valence-corrected chi connectivity index (χ4v) is 2.58. The van der Waals surface area contributed by atoms with Crippen LogP contribution in [0.2, 0.25) is 0 Å². The molecule has 1 aromatic heterocycles. The van der Waals surface area contributed by atoms with Gasteiger partial charge >= 0.3 is 6.18 Å². The molecule has 0 spiro atoms. The molecule has 0 aliphatic heterocycles. The topological polar surface area (TPSA) is 12.9 Å². The molecule has 0 amide bonds. The lowest BCUT2D eigenvalue weighted by Crippen LogP contribution is -2.13. The lowest BCUT2D eigenvalue weighted by molar-refractivity contribution is -0.140. The molecular weight excluding hydrogens is 400 g/mol. The summed E-state index contributed by atoms with van der Waals surface area (Å²) in [4.78, 5) is 3.19. The molecule has 15 heavy (non-hydrogen) atoms. The van der Waals surface area contributed by atoms with Crippen LogP contribution in [0.4, 0.5) is 22.0 Å². The molecule has 0 atom stereocenters. The van der Waals surface area contributed by atoms with E-state index in [2.05, 4.69) is 20.9 Å². The Kier molecular flexibility index (Phi) is 3.90. The van der Waals surface area contributed by atoms with Crippen molar-refractivity contribution in [2.45, 2.75) is 12.6 Å². The average molecular weight is 402 g/mol. The summed E-state index contributed by atoms with van der Waals surface area (Å²) in [7, 11) is 0. The lowest BCUT2D eigenvalue weighted by atomic mass is 10.2. The van der Waals surface area contributed by atoms with Crippen LogP contribution < -0.4 is 0 Å². The molecule has 0 aromatic carbocycles. The van der Waals surface area contributed by atoms with Crippen molar-refractivity contribution in [2.24, 2.45) is 0 Å². The number of alkyl halides is 5. The Labute approximate surface area is 103 Å². The second-order valence-electron chi connectivity index (χ2n) is 2.49. The second kappa shape index (κ2) is 4.48. The number of halogens is 7. The van der Waals surface area contributed by atoms with Crippen LogP contribution in [0.1, 0.15) is 17.7 Å². The fraction of sp³-hybridized carbons (Fsp3) is 0.286. The Morgan fingerprint density at radius 2 is 1.87 bits per heavy atom. The first-order valence-electron chi connectivity index (χ1n) is 3.44. The predicted octanol–water partition coefficient (Wildman–Crippen LogP) is 4.41. The summed E-state index contributed by atoms with van der Waals surface area (Å²) in [6.07, 6.45) is -8.10. The third-order valence-electron chi connectivity index (χ3n) is 1.46. The van der Waals surface area contributed by atoms with E-state index in [1.54, 1.807) is 22.6 Å². The SMILES string of the molecule is FC(F)c1nc(I)cc(Br)c1C(F)(F)F. The zero-order valence-corrected chi connectivity index (χ0v) is 10.5. The second-order valence-corrected chi connectivity index (χ2v) is 4.45. The Hall–Kier alpha value is 0.01000.